The van der Waals surface area contributed by atoms with Crippen LogP contribution in [0, 0.1) is 0 Å². The van der Waals surface area contributed by atoms with E-state index in [1.54, 1.807) is 18.4 Å². The Morgan fingerprint density at radius 1 is 0.965 bits per heavy atom. The summed E-state index contributed by atoms with van der Waals surface area (Å²) < 4.78 is 19.7. The molecule has 0 bridgehead atoms. The molecule has 4 aliphatic rings. The SMILES string of the molecule is C[S+]([O-])c1ccc(C2=CCCc3nc(Nc4ccc(N5CCN(C(=O)CCCCCOc6ccc7c(c6)CN(C6CCC(=O)NC6=O)C7=O)CC5)cc4)nn32)cc1. The van der Waals surface area contributed by atoms with Gasteiger partial charge in [0.05, 0.1) is 12.3 Å². The predicted molar refractivity (Wildman–Crippen MR) is 215 cm³/mol. The van der Waals surface area contributed by atoms with Crippen LogP contribution in [-0.4, -0.2) is 97.8 Å². The summed E-state index contributed by atoms with van der Waals surface area (Å²) in [5, 5.41) is 10.4. The number of piperidine rings is 1. The second-order valence-electron chi connectivity index (χ2n) is 14.8. The lowest BCUT2D eigenvalue weighted by atomic mass is 10.0. The van der Waals surface area contributed by atoms with Crippen molar-refractivity contribution in [2.45, 2.75) is 68.8 Å². The van der Waals surface area contributed by atoms with Crippen LogP contribution in [0.4, 0.5) is 17.3 Å². The van der Waals surface area contributed by atoms with Crippen LogP contribution in [0.5, 0.6) is 5.75 Å². The molecule has 2 N–H and O–H groups in total. The number of piperazine rings is 1. The zero-order chi connectivity index (χ0) is 39.5. The Hall–Kier alpha value is -5.67. The second-order valence-corrected chi connectivity index (χ2v) is 16.2. The number of hydrogen-bond donors (Lipinski definition) is 2. The summed E-state index contributed by atoms with van der Waals surface area (Å²) in [6.07, 6.45) is 9.04. The van der Waals surface area contributed by atoms with Gasteiger partial charge in [0.15, 0.2) is 4.90 Å². The van der Waals surface area contributed by atoms with Gasteiger partial charge in [0, 0.05) is 74.5 Å². The number of rotatable bonds is 13. The van der Waals surface area contributed by atoms with Gasteiger partial charge >= 0.3 is 0 Å². The Morgan fingerprint density at radius 2 is 1.75 bits per heavy atom. The number of hydrogen-bond acceptors (Lipinski definition) is 10. The summed E-state index contributed by atoms with van der Waals surface area (Å²) in [6, 6.07) is 20.7. The first-order chi connectivity index (χ1) is 27.7. The molecule has 0 aliphatic carbocycles. The van der Waals surface area contributed by atoms with Gasteiger partial charge in [-0.2, -0.15) is 4.98 Å². The number of aromatic nitrogens is 3. The standard InChI is InChI=1S/C42H46N8O6S/c1-57(55)33-16-9-28(10-17-33)35-6-5-7-37-44-42(46-50(35)37)43-30-11-13-31(14-12-30)47-21-23-48(24-22-47)39(52)8-3-2-4-25-56-32-15-18-34-29(26-32)27-49(41(34)54)36-19-20-38(51)45-40(36)53/h6,9-18,26,36H,2-5,7-8,19-25,27H2,1H3,(H,43,46)(H,45,51,53). The van der Waals surface area contributed by atoms with E-state index < -0.39 is 23.1 Å². The molecule has 2 saturated heterocycles. The van der Waals surface area contributed by atoms with Gasteiger partial charge in [-0.1, -0.05) is 6.08 Å². The molecule has 0 radical (unpaired) electrons. The van der Waals surface area contributed by atoms with Crippen molar-refractivity contribution in [1.29, 1.82) is 0 Å². The molecule has 57 heavy (non-hydrogen) atoms. The molecule has 1 aromatic heterocycles. The molecular formula is C42H46N8O6S. The number of aryl methyl sites for hydroxylation is 1. The number of ether oxygens (including phenoxy) is 1. The molecule has 15 heteroatoms. The van der Waals surface area contributed by atoms with Crippen molar-refractivity contribution in [1.82, 2.24) is 29.9 Å². The molecule has 2 fully saturated rings. The number of anilines is 3. The van der Waals surface area contributed by atoms with Gasteiger partial charge < -0.3 is 29.3 Å². The van der Waals surface area contributed by atoms with Crippen LogP contribution in [0.25, 0.3) is 5.70 Å². The number of amides is 4. The van der Waals surface area contributed by atoms with E-state index in [1.807, 2.05) is 52.0 Å². The third-order valence-electron chi connectivity index (χ3n) is 11.0. The van der Waals surface area contributed by atoms with Gasteiger partial charge in [-0.3, -0.25) is 24.5 Å². The van der Waals surface area contributed by atoms with Crippen molar-refractivity contribution in [3.8, 4) is 5.75 Å². The minimum absolute atomic E-state index is 0.182. The fourth-order valence-corrected chi connectivity index (χ4v) is 8.40. The first-order valence-corrected chi connectivity index (χ1v) is 21.2. The Kier molecular flexibility index (Phi) is 11.3. The predicted octanol–water partition coefficient (Wildman–Crippen LogP) is 4.64. The van der Waals surface area contributed by atoms with Crippen molar-refractivity contribution < 1.29 is 28.5 Å². The van der Waals surface area contributed by atoms with Crippen molar-refractivity contribution in [3.63, 3.8) is 0 Å². The molecule has 296 valence electrons. The summed E-state index contributed by atoms with van der Waals surface area (Å²) in [5.41, 5.74) is 5.35. The first-order valence-electron chi connectivity index (χ1n) is 19.6. The van der Waals surface area contributed by atoms with Crippen LogP contribution in [0.15, 0.2) is 77.7 Å². The number of nitrogens with zero attached hydrogens (tertiary/aromatic N) is 6. The molecule has 0 spiro atoms. The van der Waals surface area contributed by atoms with E-state index in [2.05, 4.69) is 33.7 Å². The van der Waals surface area contributed by atoms with Crippen molar-refractivity contribution in [2.75, 3.05) is 49.3 Å². The average Bonchev–Trinajstić information content (AvgIpc) is 3.79. The lowest BCUT2D eigenvalue weighted by molar-refractivity contribution is -0.137. The normalized spacial score (nSPS) is 18.5. The molecule has 8 rings (SSSR count). The molecule has 14 nitrogen and oxygen atoms in total. The molecule has 0 saturated carbocycles. The summed E-state index contributed by atoms with van der Waals surface area (Å²) >= 11 is -1.03. The summed E-state index contributed by atoms with van der Waals surface area (Å²) in [6.45, 7) is 3.72. The largest absolute Gasteiger partial charge is 0.612 e. The van der Waals surface area contributed by atoms with E-state index in [-0.39, 0.29) is 24.1 Å². The van der Waals surface area contributed by atoms with Gasteiger partial charge in [-0.15, -0.1) is 5.10 Å². The smallest absolute Gasteiger partial charge is 0.255 e. The number of unbranched alkanes of at least 4 members (excludes halogenated alkanes) is 2. The lowest BCUT2D eigenvalue weighted by Gasteiger charge is -2.36. The Labute approximate surface area is 334 Å². The zero-order valence-electron chi connectivity index (χ0n) is 31.9. The molecular weight excluding hydrogens is 745 g/mol. The number of nitrogens with one attached hydrogen (secondary N) is 2. The van der Waals surface area contributed by atoms with E-state index in [1.165, 1.54) is 4.90 Å². The van der Waals surface area contributed by atoms with E-state index in [9.17, 15) is 23.7 Å². The highest BCUT2D eigenvalue weighted by Crippen LogP contribution is 2.31. The average molecular weight is 791 g/mol. The van der Waals surface area contributed by atoms with E-state index in [0.717, 1.165) is 84.1 Å². The van der Waals surface area contributed by atoms with Gasteiger partial charge in [-0.05, 0) is 116 Å². The van der Waals surface area contributed by atoms with Gasteiger partial charge in [0.25, 0.3) is 5.91 Å². The van der Waals surface area contributed by atoms with Crippen LogP contribution in [-0.2, 0) is 38.5 Å². The monoisotopic (exact) mass is 790 g/mol. The van der Waals surface area contributed by atoms with Crippen molar-refractivity contribution >= 4 is 57.8 Å². The van der Waals surface area contributed by atoms with Crippen LogP contribution in [0.1, 0.15) is 72.3 Å². The highest BCUT2D eigenvalue weighted by molar-refractivity contribution is 7.90. The molecule has 4 aromatic rings. The minimum atomic E-state index is -1.03. The van der Waals surface area contributed by atoms with Gasteiger partial charge in [-0.25, -0.2) is 4.68 Å². The molecule has 5 heterocycles. The fourth-order valence-electron chi connectivity index (χ4n) is 7.88. The van der Waals surface area contributed by atoms with E-state index >= 15 is 0 Å². The number of benzene rings is 3. The Balaban J connectivity index is 0.738. The summed E-state index contributed by atoms with van der Waals surface area (Å²) in [5.74, 6) is 1.36. The third kappa shape index (κ3) is 8.54. The van der Waals surface area contributed by atoms with Crippen LogP contribution < -0.4 is 20.3 Å². The maximum atomic E-state index is 13.0. The van der Waals surface area contributed by atoms with E-state index in [0.29, 0.717) is 56.3 Å². The maximum absolute atomic E-state index is 13.0. The summed E-state index contributed by atoms with van der Waals surface area (Å²) in [7, 11) is 0. The molecule has 4 aliphatic heterocycles. The minimum Gasteiger partial charge on any atom is -0.612 e. The Bertz CT molecular complexity index is 2180. The number of fused-ring (bicyclic) bond motifs is 2. The van der Waals surface area contributed by atoms with Crippen LogP contribution >= 0.6 is 0 Å². The zero-order valence-corrected chi connectivity index (χ0v) is 32.8. The maximum Gasteiger partial charge on any atom is 0.255 e. The van der Waals surface area contributed by atoms with Crippen LogP contribution in [0.2, 0.25) is 0 Å². The molecule has 2 atom stereocenters. The number of imide groups is 1. The molecule has 4 amide bonds. The highest BCUT2D eigenvalue weighted by Gasteiger charge is 2.39. The van der Waals surface area contributed by atoms with Crippen LogP contribution in [0.3, 0.4) is 0 Å². The van der Waals surface area contributed by atoms with Crippen molar-refractivity contribution in [2.24, 2.45) is 0 Å². The summed E-state index contributed by atoms with van der Waals surface area (Å²) in [4.78, 5) is 61.1. The number of carbonyl (C=O) groups excluding carboxylic acids is 4. The Morgan fingerprint density at radius 3 is 2.51 bits per heavy atom. The molecule has 2 unspecified atom stereocenters. The first kappa shape index (κ1) is 38.2. The highest BCUT2D eigenvalue weighted by atomic mass is 32.2. The van der Waals surface area contributed by atoms with Crippen molar-refractivity contribution in [3.05, 3.63) is 95.3 Å². The third-order valence-corrected chi connectivity index (χ3v) is 11.9. The lowest BCUT2D eigenvalue weighted by Crippen LogP contribution is -2.52. The van der Waals surface area contributed by atoms with Gasteiger partial charge in [0.1, 0.15) is 23.9 Å². The number of allylic oxidation sites excluding steroid dienone is 1. The van der Waals surface area contributed by atoms with E-state index in [4.69, 9.17) is 14.8 Å². The topological polar surface area (TPSA) is 165 Å². The van der Waals surface area contributed by atoms with Gasteiger partial charge in [0.2, 0.25) is 23.7 Å². The molecule has 3 aromatic carbocycles. The number of carbonyl (C=O) groups is 4. The fraction of sp³-hybridized carbons (Fsp3) is 0.381. The second kappa shape index (κ2) is 16.8. The quantitative estimate of drug-likeness (QED) is 0.111.